The van der Waals surface area contributed by atoms with Crippen LogP contribution in [0.4, 0.5) is 0 Å². The Balaban J connectivity index is 2.74. The summed E-state index contributed by atoms with van der Waals surface area (Å²) in [6, 6.07) is 1.54. The third kappa shape index (κ3) is 1.54. The van der Waals surface area contributed by atoms with Crippen molar-refractivity contribution in [2.24, 2.45) is 0 Å². The molecule has 66 valence electrons. The summed E-state index contributed by atoms with van der Waals surface area (Å²) in [6.07, 6.45) is 3.01. The fourth-order valence-electron chi connectivity index (χ4n) is 0.954. The minimum Gasteiger partial charge on any atom is -0.505 e. The van der Waals surface area contributed by atoms with E-state index in [9.17, 15) is 5.11 Å². The quantitative estimate of drug-likeness (QED) is 0.555. The lowest BCUT2D eigenvalue weighted by Gasteiger charge is -2.00. The van der Waals surface area contributed by atoms with Crippen LogP contribution < -0.4 is 0 Å². The van der Waals surface area contributed by atoms with Crippen LogP contribution in [0.25, 0.3) is 11.0 Å². The molecule has 2 rings (SSSR count). The SMILES string of the molecule is Oc1cc2ncncc2nc1SS. The van der Waals surface area contributed by atoms with Crippen LogP contribution >= 0.6 is 22.5 Å². The molecule has 2 aromatic rings. The zero-order chi connectivity index (χ0) is 9.26. The first-order valence-electron chi connectivity index (χ1n) is 3.42. The Hall–Kier alpha value is -1.01. The highest BCUT2D eigenvalue weighted by Gasteiger charge is 2.04. The molecule has 0 fully saturated rings. The van der Waals surface area contributed by atoms with E-state index in [0.717, 1.165) is 10.8 Å². The van der Waals surface area contributed by atoms with E-state index in [-0.39, 0.29) is 5.75 Å². The predicted octanol–water partition coefficient (Wildman–Crippen LogP) is 1.67. The van der Waals surface area contributed by atoms with Crippen LogP contribution in [0.15, 0.2) is 23.6 Å². The Morgan fingerprint density at radius 1 is 1.38 bits per heavy atom. The second kappa shape index (κ2) is 3.39. The number of nitrogens with zero attached hydrogens (tertiary/aromatic N) is 3. The molecule has 4 nitrogen and oxygen atoms in total. The maximum atomic E-state index is 9.42. The number of thiol groups is 1. The lowest BCUT2D eigenvalue weighted by Crippen LogP contribution is -1.86. The lowest BCUT2D eigenvalue weighted by atomic mass is 10.3. The van der Waals surface area contributed by atoms with Crippen molar-refractivity contribution >= 4 is 33.5 Å². The molecule has 2 heterocycles. The zero-order valence-electron chi connectivity index (χ0n) is 6.38. The number of aromatic nitrogens is 3. The third-order valence-corrected chi connectivity index (χ3v) is 2.52. The van der Waals surface area contributed by atoms with E-state index >= 15 is 0 Å². The maximum absolute atomic E-state index is 9.42. The summed E-state index contributed by atoms with van der Waals surface area (Å²) in [4.78, 5) is 11.9. The minimum absolute atomic E-state index is 0.0891. The number of pyridine rings is 1. The first kappa shape index (κ1) is 8.58. The molecule has 2 aromatic heterocycles. The molecule has 0 saturated heterocycles. The molecule has 0 aliphatic heterocycles. The Labute approximate surface area is 83.2 Å². The van der Waals surface area contributed by atoms with Gasteiger partial charge in [-0.15, -0.1) is 11.7 Å². The van der Waals surface area contributed by atoms with E-state index in [1.54, 1.807) is 12.3 Å². The second-order valence-electron chi connectivity index (χ2n) is 2.33. The van der Waals surface area contributed by atoms with Crippen LogP contribution in [0.3, 0.4) is 0 Å². The molecule has 0 amide bonds. The molecule has 13 heavy (non-hydrogen) atoms. The number of aromatic hydroxyl groups is 1. The van der Waals surface area contributed by atoms with Gasteiger partial charge in [0.1, 0.15) is 16.9 Å². The Bertz CT molecular complexity index is 449. The number of hydrogen-bond donors (Lipinski definition) is 2. The monoisotopic (exact) mass is 211 g/mol. The number of fused-ring (bicyclic) bond motifs is 1. The summed E-state index contributed by atoms with van der Waals surface area (Å²) in [5.41, 5.74) is 1.27. The van der Waals surface area contributed by atoms with Crippen LogP contribution in [0, 0.1) is 0 Å². The van der Waals surface area contributed by atoms with Crippen LogP contribution in [-0.2, 0) is 0 Å². The Morgan fingerprint density at radius 3 is 3.00 bits per heavy atom. The fourth-order valence-corrected chi connectivity index (χ4v) is 1.65. The van der Waals surface area contributed by atoms with Gasteiger partial charge in [0.2, 0.25) is 0 Å². The number of rotatable bonds is 1. The summed E-state index contributed by atoms with van der Waals surface area (Å²) >= 11 is 3.96. The second-order valence-corrected chi connectivity index (χ2v) is 3.45. The highest BCUT2D eigenvalue weighted by atomic mass is 33.1. The van der Waals surface area contributed by atoms with Crippen LogP contribution in [-0.4, -0.2) is 20.1 Å². The molecule has 0 aliphatic rings. The van der Waals surface area contributed by atoms with Crippen molar-refractivity contribution in [1.82, 2.24) is 15.0 Å². The highest BCUT2D eigenvalue weighted by molar-refractivity contribution is 8.68. The van der Waals surface area contributed by atoms with Crippen molar-refractivity contribution in [3.63, 3.8) is 0 Å². The first-order chi connectivity index (χ1) is 6.31. The van der Waals surface area contributed by atoms with Crippen molar-refractivity contribution in [2.75, 3.05) is 0 Å². The summed E-state index contributed by atoms with van der Waals surface area (Å²) in [5.74, 6) is 0.0891. The largest absolute Gasteiger partial charge is 0.505 e. The van der Waals surface area contributed by atoms with Gasteiger partial charge in [0.15, 0.2) is 5.75 Å². The van der Waals surface area contributed by atoms with Crippen molar-refractivity contribution in [2.45, 2.75) is 5.03 Å². The molecule has 0 atom stereocenters. The van der Waals surface area contributed by atoms with E-state index in [0.29, 0.717) is 16.1 Å². The predicted molar refractivity (Wildman–Crippen MR) is 53.8 cm³/mol. The minimum atomic E-state index is 0.0891. The van der Waals surface area contributed by atoms with Gasteiger partial charge in [0, 0.05) is 6.07 Å². The summed E-state index contributed by atoms with van der Waals surface area (Å²) in [6.45, 7) is 0. The van der Waals surface area contributed by atoms with E-state index in [2.05, 4.69) is 26.6 Å². The zero-order valence-corrected chi connectivity index (χ0v) is 8.09. The van der Waals surface area contributed by atoms with Gasteiger partial charge in [-0.1, -0.05) is 0 Å². The molecule has 0 aromatic carbocycles. The van der Waals surface area contributed by atoms with Gasteiger partial charge in [0.05, 0.1) is 11.7 Å². The van der Waals surface area contributed by atoms with Gasteiger partial charge in [-0.25, -0.2) is 15.0 Å². The maximum Gasteiger partial charge on any atom is 0.150 e. The van der Waals surface area contributed by atoms with Gasteiger partial charge in [-0.3, -0.25) is 0 Å². The van der Waals surface area contributed by atoms with E-state index in [4.69, 9.17) is 0 Å². The normalized spacial score (nSPS) is 10.5. The topological polar surface area (TPSA) is 58.9 Å². The molecule has 0 bridgehead atoms. The van der Waals surface area contributed by atoms with Crippen LogP contribution in [0.2, 0.25) is 0 Å². The molecule has 1 N–H and O–H groups in total. The van der Waals surface area contributed by atoms with Gasteiger partial charge in [-0.2, -0.15) is 0 Å². The number of hydrogen-bond acceptors (Lipinski definition) is 6. The van der Waals surface area contributed by atoms with Crippen molar-refractivity contribution in [3.8, 4) is 5.75 Å². The van der Waals surface area contributed by atoms with Crippen molar-refractivity contribution in [3.05, 3.63) is 18.6 Å². The average molecular weight is 211 g/mol. The molecule has 0 aliphatic carbocycles. The molecule has 6 heteroatoms. The summed E-state index contributed by atoms with van der Waals surface area (Å²) in [7, 11) is 1.09. The Kier molecular flexibility index (Phi) is 2.24. The van der Waals surface area contributed by atoms with E-state index in [1.165, 1.54) is 6.33 Å². The standard InChI is InChI=1S/C7H5N3OS2/c11-6-1-4-5(2-8-3-9-4)10-7(6)13-12/h1-3,11-12H. The van der Waals surface area contributed by atoms with Gasteiger partial charge >= 0.3 is 0 Å². The van der Waals surface area contributed by atoms with Gasteiger partial charge in [0.25, 0.3) is 0 Å². The molecule has 0 radical (unpaired) electrons. The van der Waals surface area contributed by atoms with Crippen LogP contribution in [0.1, 0.15) is 0 Å². The smallest absolute Gasteiger partial charge is 0.150 e. The molecule has 0 spiro atoms. The average Bonchev–Trinajstić information content (AvgIpc) is 2.17. The van der Waals surface area contributed by atoms with Crippen molar-refractivity contribution < 1.29 is 5.11 Å². The van der Waals surface area contributed by atoms with Crippen LogP contribution in [0.5, 0.6) is 5.75 Å². The molecule has 0 saturated carbocycles. The Morgan fingerprint density at radius 2 is 2.23 bits per heavy atom. The lowest BCUT2D eigenvalue weighted by molar-refractivity contribution is 0.458. The van der Waals surface area contributed by atoms with E-state index < -0.39 is 0 Å². The third-order valence-electron chi connectivity index (χ3n) is 1.52. The summed E-state index contributed by atoms with van der Waals surface area (Å²) < 4.78 is 0. The fraction of sp³-hybridized carbons (Fsp3) is 0. The first-order valence-corrected chi connectivity index (χ1v) is 5.29. The molecular weight excluding hydrogens is 206 g/mol. The highest BCUT2D eigenvalue weighted by Crippen LogP contribution is 2.30. The molecular formula is C7H5N3OS2. The van der Waals surface area contributed by atoms with Gasteiger partial charge in [-0.05, 0) is 10.8 Å². The van der Waals surface area contributed by atoms with Gasteiger partial charge < -0.3 is 5.11 Å². The summed E-state index contributed by atoms with van der Waals surface area (Å²) in [5, 5.41) is 9.88. The molecule has 0 unspecified atom stereocenters. The van der Waals surface area contributed by atoms with Crippen molar-refractivity contribution in [1.29, 1.82) is 0 Å². The van der Waals surface area contributed by atoms with E-state index in [1.807, 2.05) is 0 Å².